The molecule has 0 fully saturated rings. The summed E-state index contributed by atoms with van der Waals surface area (Å²) >= 11 is 0. The lowest BCUT2D eigenvalue weighted by atomic mass is 10.1. The van der Waals surface area contributed by atoms with Crippen molar-refractivity contribution in [2.45, 2.75) is 6.61 Å². The van der Waals surface area contributed by atoms with E-state index in [4.69, 9.17) is 5.11 Å². The summed E-state index contributed by atoms with van der Waals surface area (Å²) in [5.41, 5.74) is 3.97. The molecule has 2 rings (SSSR count). The lowest BCUT2D eigenvalue weighted by Gasteiger charge is -2.13. The van der Waals surface area contributed by atoms with E-state index in [9.17, 15) is 0 Å². The molecule has 1 heterocycles. The van der Waals surface area contributed by atoms with Crippen LogP contribution in [-0.4, -0.2) is 24.2 Å². The Hall–Kier alpha value is -1.87. The number of hydrogen-bond donors (Lipinski definition) is 1. The van der Waals surface area contributed by atoms with Crippen molar-refractivity contribution in [3.63, 3.8) is 0 Å². The smallest absolute Gasteiger partial charge is 0.0722 e. The van der Waals surface area contributed by atoms with Crippen molar-refractivity contribution in [1.29, 1.82) is 0 Å². The fourth-order valence-corrected chi connectivity index (χ4v) is 1.68. The molecule has 0 saturated heterocycles. The second-order valence-corrected chi connectivity index (χ2v) is 4.15. The molecule has 1 aromatic heterocycles. The van der Waals surface area contributed by atoms with Crippen LogP contribution < -0.4 is 4.90 Å². The minimum absolute atomic E-state index is 0.0568. The Bertz CT molecular complexity index is 509. The molecule has 0 aliphatic rings. The average Bonchev–Trinajstić information content (AvgIpc) is 2.39. The zero-order chi connectivity index (χ0) is 12.3. The largest absolute Gasteiger partial charge is 0.392 e. The van der Waals surface area contributed by atoms with Crippen LogP contribution in [0.1, 0.15) is 5.56 Å². The molecule has 0 saturated carbocycles. The van der Waals surface area contributed by atoms with Gasteiger partial charge in [-0.25, -0.2) is 0 Å². The van der Waals surface area contributed by atoms with E-state index in [1.165, 1.54) is 0 Å². The van der Waals surface area contributed by atoms with Gasteiger partial charge in [-0.3, -0.25) is 4.98 Å². The van der Waals surface area contributed by atoms with Gasteiger partial charge in [-0.1, -0.05) is 18.2 Å². The molecule has 0 radical (unpaired) electrons. The number of pyridine rings is 1. The van der Waals surface area contributed by atoms with E-state index in [0.29, 0.717) is 0 Å². The van der Waals surface area contributed by atoms with Crippen LogP contribution >= 0.6 is 0 Å². The molecule has 0 aliphatic carbocycles. The summed E-state index contributed by atoms with van der Waals surface area (Å²) in [6, 6.07) is 11.8. The predicted molar refractivity (Wildman–Crippen MR) is 69.9 cm³/mol. The molecular weight excluding hydrogens is 212 g/mol. The van der Waals surface area contributed by atoms with Crippen LogP contribution in [0.3, 0.4) is 0 Å². The highest BCUT2D eigenvalue weighted by Gasteiger charge is 2.02. The Morgan fingerprint density at radius 3 is 2.71 bits per heavy atom. The number of anilines is 1. The quantitative estimate of drug-likeness (QED) is 0.875. The van der Waals surface area contributed by atoms with Gasteiger partial charge < -0.3 is 10.0 Å². The summed E-state index contributed by atoms with van der Waals surface area (Å²) < 4.78 is 0. The van der Waals surface area contributed by atoms with Gasteiger partial charge >= 0.3 is 0 Å². The van der Waals surface area contributed by atoms with E-state index >= 15 is 0 Å². The first-order chi connectivity index (χ1) is 8.20. The van der Waals surface area contributed by atoms with Crippen LogP contribution in [-0.2, 0) is 6.61 Å². The van der Waals surface area contributed by atoms with Gasteiger partial charge in [0, 0.05) is 31.5 Å². The molecule has 0 bridgehead atoms. The summed E-state index contributed by atoms with van der Waals surface area (Å²) in [6.07, 6.45) is 1.80. The number of nitrogens with zero attached hydrogens (tertiary/aromatic N) is 2. The molecule has 2 aromatic rings. The molecule has 1 aromatic carbocycles. The second-order valence-electron chi connectivity index (χ2n) is 4.15. The predicted octanol–water partition coefficient (Wildman–Crippen LogP) is 2.31. The summed E-state index contributed by atoms with van der Waals surface area (Å²) in [5, 5.41) is 9.12. The first-order valence-electron chi connectivity index (χ1n) is 5.54. The van der Waals surface area contributed by atoms with E-state index in [-0.39, 0.29) is 6.61 Å². The minimum Gasteiger partial charge on any atom is -0.392 e. The second kappa shape index (κ2) is 4.97. The summed E-state index contributed by atoms with van der Waals surface area (Å²) in [5.74, 6) is 0. The standard InChI is InChI=1S/C14H16N2O/c1-16(2)13-6-7-15-14(9-13)12-5-3-4-11(8-12)10-17/h3-9,17H,10H2,1-2H3. The lowest BCUT2D eigenvalue weighted by molar-refractivity contribution is 0.282. The molecule has 0 unspecified atom stereocenters. The lowest BCUT2D eigenvalue weighted by Crippen LogP contribution is -2.08. The topological polar surface area (TPSA) is 36.4 Å². The first-order valence-corrected chi connectivity index (χ1v) is 5.54. The van der Waals surface area contributed by atoms with Gasteiger partial charge in [0.15, 0.2) is 0 Å². The van der Waals surface area contributed by atoms with Crippen molar-refractivity contribution in [3.8, 4) is 11.3 Å². The van der Waals surface area contributed by atoms with Crippen LogP contribution in [0.5, 0.6) is 0 Å². The number of rotatable bonds is 3. The number of aromatic nitrogens is 1. The number of hydrogen-bond acceptors (Lipinski definition) is 3. The van der Waals surface area contributed by atoms with Gasteiger partial charge in [0.05, 0.1) is 12.3 Å². The monoisotopic (exact) mass is 228 g/mol. The van der Waals surface area contributed by atoms with Gasteiger partial charge in [-0.2, -0.15) is 0 Å². The maximum atomic E-state index is 9.12. The van der Waals surface area contributed by atoms with Crippen LogP contribution in [0.4, 0.5) is 5.69 Å². The van der Waals surface area contributed by atoms with E-state index in [1.54, 1.807) is 6.20 Å². The third-order valence-electron chi connectivity index (χ3n) is 2.67. The van der Waals surface area contributed by atoms with Gasteiger partial charge in [0.25, 0.3) is 0 Å². The molecule has 3 heteroatoms. The van der Waals surface area contributed by atoms with Gasteiger partial charge in [0.2, 0.25) is 0 Å². The van der Waals surface area contributed by atoms with Crippen molar-refractivity contribution >= 4 is 5.69 Å². The molecule has 3 nitrogen and oxygen atoms in total. The highest BCUT2D eigenvalue weighted by molar-refractivity contribution is 5.64. The van der Waals surface area contributed by atoms with Crippen LogP contribution in [0, 0.1) is 0 Å². The van der Waals surface area contributed by atoms with Crippen molar-refractivity contribution < 1.29 is 5.11 Å². The summed E-state index contributed by atoms with van der Waals surface area (Å²) in [4.78, 5) is 6.40. The zero-order valence-corrected chi connectivity index (χ0v) is 10.1. The zero-order valence-electron chi connectivity index (χ0n) is 10.1. The van der Waals surface area contributed by atoms with Crippen molar-refractivity contribution in [3.05, 3.63) is 48.2 Å². The van der Waals surface area contributed by atoms with E-state index in [0.717, 1.165) is 22.5 Å². The molecule has 0 aliphatic heterocycles. The molecule has 0 amide bonds. The third-order valence-corrected chi connectivity index (χ3v) is 2.67. The fourth-order valence-electron chi connectivity index (χ4n) is 1.68. The van der Waals surface area contributed by atoms with Crippen molar-refractivity contribution in [2.24, 2.45) is 0 Å². The van der Waals surface area contributed by atoms with Gasteiger partial charge in [-0.15, -0.1) is 0 Å². The fraction of sp³-hybridized carbons (Fsp3) is 0.214. The highest BCUT2D eigenvalue weighted by atomic mass is 16.3. The molecule has 88 valence electrons. The Labute approximate surface area is 101 Å². The van der Waals surface area contributed by atoms with Crippen molar-refractivity contribution in [1.82, 2.24) is 4.98 Å². The van der Waals surface area contributed by atoms with Crippen LogP contribution in [0.15, 0.2) is 42.6 Å². The van der Waals surface area contributed by atoms with Gasteiger partial charge in [0.1, 0.15) is 0 Å². The molecule has 0 spiro atoms. The Morgan fingerprint density at radius 1 is 1.18 bits per heavy atom. The third kappa shape index (κ3) is 2.63. The van der Waals surface area contributed by atoms with E-state index < -0.39 is 0 Å². The molecule has 1 N–H and O–H groups in total. The average molecular weight is 228 g/mol. The molecule has 0 atom stereocenters. The number of aliphatic hydroxyl groups excluding tert-OH is 1. The van der Waals surface area contributed by atoms with Crippen LogP contribution in [0.2, 0.25) is 0 Å². The highest BCUT2D eigenvalue weighted by Crippen LogP contribution is 2.22. The Kier molecular flexibility index (Phi) is 3.40. The summed E-state index contributed by atoms with van der Waals surface area (Å²) in [6.45, 7) is 0.0568. The van der Waals surface area contributed by atoms with Crippen LogP contribution in [0.25, 0.3) is 11.3 Å². The maximum absolute atomic E-state index is 9.12. The number of benzene rings is 1. The minimum atomic E-state index is 0.0568. The molecular formula is C14H16N2O. The van der Waals surface area contributed by atoms with E-state index in [1.807, 2.05) is 55.4 Å². The number of aliphatic hydroxyl groups is 1. The Morgan fingerprint density at radius 2 is 2.00 bits per heavy atom. The summed E-state index contributed by atoms with van der Waals surface area (Å²) in [7, 11) is 4.01. The SMILES string of the molecule is CN(C)c1ccnc(-c2cccc(CO)c2)c1. The first kappa shape index (κ1) is 11.6. The van der Waals surface area contributed by atoms with Gasteiger partial charge in [-0.05, 0) is 23.8 Å². The van der Waals surface area contributed by atoms with Crippen molar-refractivity contribution in [2.75, 3.05) is 19.0 Å². The Balaban J connectivity index is 2.41. The van der Waals surface area contributed by atoms with E-state index in [2.05, 4.69) is 4.98 Å². The maximum Gasteiger partial charge on any atom is 0.0722 e. The normalized spacial score (nSPS) is 10.3. The molecule has 17 heavy (non-hydrogen) atoms.